The average molecular weight is 351 g/mol. The highest BCUT2D eigenvalue weighted by atomic mass is 16.5. The molecule has 0 unspecified atom stereocenters. The van der Waals surface area contributed by atoms with Crippen LogP contribution < -0.4 is 21.3 Å². The maximum absolute atomic E-state index is 11.9. The van der Waals surface area contributed by atoms with Crippen molar-refractivity contribution in [2.24, 2.45) is 5.73 Å². The predicted molar refractivity (Wildman–Crippen MR) is 101 cm³/mol. The fraction of sp³-hybridized carbons (Fsp3) is 0.211. The van der Waals surface area contributed by atoms with Crippen molar-refractivity contribution in [2.45, 2.75) is 13.0 Å². The number of hydrogen-bond acceptors (Lipinski definition) is 6. The number of benzene rings is 1. The van der Waals surface area contributed by atoms with Crippen molar-refractivity contribution in [2.75, 3.05) is 18.5 Å². The number of ether oxygens (including phenoxy) is 1. The van der Waals surface area contributed by atoms with E-state index in [-0.39, 0.29) is 5.56 Å². The molecule has 0 saturated carbocycles. The van der Waals surface area contributed by atoms with Gasteiger partial charge in [0, 0.05) is 36.1 Å². The molecular formula is C19H21N5O2. The molecule has 2 aromatic heterocycles. The highest BCUT2D eigenvalue weighted by Gasteiger charge is 2.06. The standard InChI is InChI=1S/C19H21N5O2/c20-8-3-11-26-17-5-2-1-4-15(17)13-22-19-23-16(12-18(25)24-19)14-6-9-21-10-7-14/h1-2,4-7,9-10,12H,3,8,11,13,20H2,(H2,22,23,24,25). The van der Waals surface area contributed by atoms with Gasteiger partial charge in [-0.2, -0.15) is 0 Å². The molecule has 0 bridgehead atoms. The Labute approximate surface area is 151 Å². The van der Waals surface area contributed by atoms with Crippen LogP contribution in [0, 0.1) is 0 Å². The van der Waals surface area contributed by atoms with Crippen LogP contribution in [0.25, 0.3) is 11.3 Å². The number of nitrogens with one attached hydrogen (secondary N) is 2. The molecule has 4 N–H and O–H groups in total. The third kappa shape index (κ3) is 4.67. The van der Waals surface area contributed by atoms with Crippen LogP contribution in [0.3, 0.4) is 0 Å². The molecule has 1 aromatic carbocycles. The second kappa shape index (κ2) is 8.77. The zero-order chi connectivity index (χ0) is 18.2. The Bertz CT molecular complexity index is 896. The van der Waals surface area contributed by atoms with E-state index in [1.165, 1.54) is 6.07 Å². The number of pyridine rings is 1. The highest BCUT2D eigenvalue weighted by molar-refractivity contribution is 5.59. The summed E-state index contributed by atoms with van der Waals surface area (Å²) in [6.07, 6.45) is 4.13. The van der Waals surface area contributed by atoms with Gasteiger partial charge >= 0.3 is 0 Å². The topological polar surface area (TPSA) is 106 Å². The molecule has 2 heterocycles. The van der Waals surface area contributed by atoms with Crippen LogP contribution in [-0.2, 0) is 6.54 Å². The zero-order valence-electron chi connectivity index (χ0n) is 14.3. The van der Waals surface area contributed by atoms with Gasteiger partial charge in [0.2, 0.25) is 5.95 Å². The molecule has 26 heavy (non-hydrogen) atoms. The first-order valence-electron chi connectivity index (χ1n) is 8.42. The van der Waals surface area contributed by atoms with Crippen LogP contribution in [0.4, 0.5) is 5.95 Å². The Morgan fingerprint density at radius 3 is 2.77 bits per heavy atom. The third-order valence-corrected chi connectivity index (χ3v) is 3.74. The molecule has 0 spiro atoms. The maximum atomic E-state index is 11.9. The van der Waals surface area contributed by atoms with Gasteiger partial charge in [0.15, 0.2) is 0 Å². The normalized spacial score (nSPS) is 10.5. The Kier molecular flexibility index (Phi) is 5.95. The van der Waals surface area contributed by atoms with Crippen molar-refractivity contribution in [1.82, 2.24) is 15.0 Å². The summed E-state index contributed by atoms with van der Waals surface area (Å²) in [4.78, 5) is 23.1. The van der Waals surface area contributed by atoms with Crippen molar-refractivity contribution < 1.29 is 4.74 Å². The molecule has 3 aromatic rings. The van der Waals surface area contributed by atoms with Gasteiger partial charge in [0.05, 0.1) is 12.3 Å². The molecule has 0 atom stereocenters. The quantitative estimate of drug-likeness (QED) is 0.537. The SMILES string of the molecule is NCCCOc1ccccc1CNc1nc(-c2ccncc2)cc(=O)[nH]1. The van der Waals surface area contributed by atoms with Gasteiger partial charge in [0.25, 0.3) is 5.56 Å². The monoisotopic (exact) mass is 351 g/mol. The van der Waals surface area contributed by atoms with Crippen molar-refractivity contribution in [3.63, 3.8) is 0 Å². The first kappa shape index (κ1) is 17.6. The van der Waals surface area contributed by atoms with E-state index < -0.39 is 0 Å². The van der Waals surface area contributed by atoms with E-state index in [0.29, 0.717) is 31.3 Å². The maximum Gasteiger partial charge on any atom is 0.252 e. The van der Waals surface area contributed by atoms with Crippen molar-refractivity contribution >= 4 is 5.95 Å². The Morgan fingerprint density at radius 1 is 1.15 bits per heavy atom. The number of para-hydroxylation sites is 1. The molecule has 0 amide bonds. The van der Waals surface area contributed by atoms with Crippen molar-refractivity contribution in [3.05, 3.63) is 70.8 Å². The third-order valence-electron chi connectivity index (χ3n) is 3.74. The Morgan fingerprint density at radius 2 is 1.96 bits per heavy atom. The van der Waals surface area contributed by atoms with Crippen LogP contribution in [0.2, 0.25) is 0 Å². The average Bonchev–Trinajstić information content (AvgIpc) is 2.68. The second-order valence-electron chi connectivity index (χ2n) is 5.67. The minimum absolute atomic E-state index is 0.221. The number of hydrogen-bond donors (Lipinski definition) is 3. The van der Waals surface area contributed by atoms with Crippen LogP contribution >= 0.6 is 0 Å². The summed E-state index contributed by atoms with van der Waals surface area (Å²) in [6.45, 7) is 1.63. The van der Waals surface area contributed by atoms with Gasteiger partial charge in [-0.05, 0) is 31.2 Å². The lowest BCUT2D eigenvalue weighted by atomic mass is 10.2. The van der Waals surface area contributed by atoms with E-state index in [9.17, 15) is 4.79 Å². The van der Waals surface area contributed by atoms with E-state index in [4.69, 9.17) is 10.5 Å². The first-order valence-corrected chi connectivity index (χ1v) is 8.42. The lowest BCUT2D eigenvalue weighted by molar-refractivity contribution is 0.310. The summed E-state index contributed by atoms with van der Waals surface area (Å²) in [5.41, 5.74) is 7.68. The molecule has 3 rings (SSSR count). The van der Waals surface area contributed by atoms with Crippen LogP contribution in [0.15, 0.2) is 59.7 Å². The molecule has 0 aliphatic rings. The molecule has 7 nitrogen and oxygen atoms in total. The number of nitrogens with zero attached hydrogens (tertiary/aromatic N) is 2. The van der Waals surface area contributed by atoms with E-state index in [2.05, 4.69) is 20.3 Å². The molecule has 0 saturated heterocycles. The van der Waals surface area contributed by atoms with E-state index >= 15 is 0 Å². The number of anilines is 1. The van der Waals surface area contributed by atoms with Crippen molar-refractivity contribution in [1.29, 1.82) is 0 Å². The molecule has 7 heteroatoms. The summed E-state index contributed by atoms with van der Waals surface area (Å²) < 4.78 is 5.76. The summed E-state index contributed by atoms with van der Waals surface area (Å²) in [7, 11) is 0. The second-order valence-corrected chi connectivity index (χ2v) is 5.67. The summed E-state index contributed by atoms with van der Waals surface area (Å²) >= 11 is 0. The molecule has 134 valence electrons. The smallest absolute Gasteiger partial charge is 0.252 e. The molecule has 0 aliphatic carbocycles. The van der Waals surface area contributed by atoms with Crippen LogP contribution in [-0.4, -0.2) is 28.1 Å². The number of rotatable bonds is 8. The summed E-state index contributed by atoms with van der Waals surface area (Å²) in [6, 6.07) is 12.8. The fourth-order valence-electron chi connectivity index (χ4n) is 2.45. The van der Waals surface area contributed by atoms with Crippen molar-refractivity contribution in [3.8, 4) is 17.0 Å². The fourth-order valence-corrected chi connectivity index (χ4v) is 2.45. The van der Waals surface area contributed by atoms with Gasteiger partial charge in [-0.25, -0.2) is 4.98 Å². The van der Waals surface area contributed by atoms with Gasteiger partial charge in [-0.15, -0.1) is 0 Å². The largest absolute Gasteiger partial charge is 0.493 e. The highest BCUT2D eigenvalue weighted by Crippen LogP contribution is 2.20. The lowest BCUT2D eigenvalue weighted by Crippen LogP contribution is -2.13. The molecular weight excluding hydrogens is 330 g/mol. The molecule has 0 radical (unpaired) electrons. The van der Waals surface area contributed by atoms with Gasteiger partial charge in [-0.3, -0.25) is 14.8 Å². The van der Waals surface area contributed by atoms with E-state index in [0.717, 1.165) is 23.3 Å². The number of aromatic amines is 1. The minimum atomic E-state index is -0.221. The summed E-state index contributed by atoms with van der Waals surface area (Å²) in [5, 5.41) is 3.16. The van der Waals surface area contributed by atoms with Gasteiger partial charge in [0.1, 0.15) is 5.75 Å². The van der Waals surface area contributed by atoms with E-state index in [1.54, 1.807) is 12.4 Å². The Hall–Kier alpha value is -3.19. The van der Waals surface area contributed by atoms with Crippen LogP contribution in [0.1, 0.15) is 12.0 Å². The first-order chi connectivity index (χ1) is 12.8. The van der Waals surface area contributed by atoms with Gasteiger partial charge < -0.3 is 15.8 Å². The zero-order valence-corrected chi connectivity index (χ0v) is 14.3. The van der Waals surface area contributed by atoms with E-state index in [1.807, 2.05) is 36.4 Å². The number of aromatic nitrogens is 3. The molecule has 0 aliphatic heterocycles. The molecule has 0 fully saturated rings. The predicted octanol–water partition coefficient (Wildman–Crippen LogP) is 2.17. The lowest BCUT2D eigenvalue weighted by Gasteiger charge is -2.12. The number of nitrogens with two attached hydrogens (primary N) is 1. The minimum Gasteiger partial charge on any atom is -0.493 e. The van der Waals surface area contributed by atoms with Crippen LogP contribution in [0.5, 0.6) is 5.75 Å². The van der Waals surface area contributed by atoms with Gasteiger partial charge in [-0.1, -0.05) is 18.2 Å². The Balaban J connectivity index is 1.74. The summed E-state index contributed by atoms with van der Waals surface area (Å²) in [5.74, 6) is 1.20. The number of H-pyrrole nitrogens is 1.